The second kappa shape index (κ2) is 4.07. The molecule has 0 aromatic heterocycles. The van der Waals surface area contributed by atoms with Crippen LogP contribution < -0.4 is 10.4 Å². The van der Waals surface area contributed by atoms with Gasteiger partial charge in [0.05, 0.1) is 20.3 Å². The fraction of sp³-hybridized carbons (Fsp3) is 0.625. The van der Waals surface area contributed by atoms with Gasteiger partial charge in [0, 0.05) is 21.9 Å². The van der Waals surface area contributed by atoms with E-state index < -0.39 is 93.5 Å². The van der Waals surface area contributed by atoms with Crippen LogP contribution in [0.5, 0.6) is 0 Å². The van der Waals surface area contributed by atoms with Crippen LogP contribution in [-0.4, -0.2) is 16.1 Å². The molecule has 100 valence electrons. The van der Waals surface area contributed by atoms with Crippen molar-refractivity contribution >= 4 is 26.5 Å². The summed E-state index contributed by atoms with van der Waals surface area (Å²) >= 11 is 0. The molecule has 0 amide bonds. The Morgan fingerprint density at radius 2 is 1.72 bits per heavy atom. The number of rotatable bonds is 0. The van der Waals surface area contributed by atoms with E-state index in [1.165, 1.54) is 20.8 Å². The second-order valence-electron chi connectivity index (χ2n) is 5.50. The molecule has 0 nitrogen and oxygen atoms in total. The fourth-order valence-corrected chi connectivity index (χ4v) is 6.81. The highest BCUT2D eigenvalue weighted by atomic mass is 28.3. The highest BCUT2D eigenvalue weighted by molar-refractivity contribution is 7.03. The summed E-state index contributed by atoms with van der Waals surface area (Å²) in [7, 11) is -12.4. The van der Waals surface area contributed by atoms with Crippen molar-refractivity contribution in [2.45, 2.75) is 64.1 Å². The average molecular weight is 296 g/mol. The van der Waals surface area contributed by atoms with Crippen molar-refractivity contribution in [3.63, 3.8) is 0 Å². The van der Waals surface area contributed by atoms with Gasteiger partial charge in [-0.25, -0.2) is 0 Å². The van der Waals surface area contributed by atoms with Gasteiger partial charge in [-0.05, 0) is 11.0 Å². The van der Waals surface area contributed by atoms with E-state index in [4.69, 9.17) is 26.0 Å². The van der Waals surface area contributed by atoms with Crippen LogP contribution in [0.1, 0.15) is 52.4 Å². The SMILES string of the molecule is [2H]c1c([2H])c(C(C)(C)C)c2c(c1[2H])[Si](C([2H])([2H])[2H])(C([2H])([2H])[2H])C([2H])([2H])C([2H])([2H])[Si]2(C([2H])([2H])[2H])C([2H])([2H])[2H]. The largest absolute Gasteiger partial charge is 0.0806 e. The van der Waals surface area contributed by atoms with Crippen molar-refractivity contribution in [3.05, 3.63) is 23.7 Å². The maximum Gasteiger partial charge on any atom is 0.0806 e. The molecule has 1 heterocycles. The van der Waals surface area contributed by atoms with Crippen molar-refractivity contribution < 1.29 is 26.0 Å². The van der Waals surface area contributed by atoms with Crippen LogP contribution in [0.2, 0.25) is 37.9 Å². The van der Waals surface area contributed by atoms with Gasteiger partial charge in [-0.3, -0.25) is 0 Å². The normalized spacial score (nSPS) is 45.4. The van der Waals surface area contributed by atoms with Crippen LogP contribution in [-0.2, 0) is 5.41 Å². The van der Waals surface area contributed by atoms with E-state index >= 15 is 0 Å². The molecular weight excluding hydrogens is 248 g/mol. The van der Waals surface area contributed by atoms with E-state index in [9.17, 15) is 0 Å². The zero-order chi connectivity index (χ0) is 30.0. The highest BCUT2D eigenvalue weighted by Crippen LogP contribution is 2.30. The van der Waals surface area contributed by atoms with Crippen LogP contribution in [0.3, 0.4) is 0 Å². The molecule has 0 N–H and O–H groups in total. The first-order chi connectivity index (χ1) is 15.8. The molecule has 0 bridgehead atoms. The predicted molar refractivity (Wildman–Crippen MR) is 89.0 cm³/mol. The lowest BCUT2D eigenvalue weighted by atomic mass is 9.87. The van der Waals surface area contributed by atoms with Gasteiger partial charge in [0.2, 0.25) is 0 Å². The first-order valence-corrected chi connectivity index (χ1v) is 9.50. The van der Waals surface area contributed by atoms with Gasteiger partial charge in [-0.2, -0.15) is 0 Å². The van der Waals surface area contributed by atoms with E-state index in [1.54, 1.807) is 0 Å². The molecular formula is C16H28Si2. The fourth-order valence-electron chi connectivity index (χ4n) is 1.94. The van der Waals surface area contributed by atoms with Crippen LogP contribution >= 0.6 is 0 Å². The van der Waals surface area contributed by atoms with Gasteiger partial charge in [0.15, 0.2) is 0 Å². The molecule has 0 aliphatic carbocycles. The van der Waals surface area contributed by atoms with Crippen molar-refractivity contribution in [1.82, 2.24) is 0 Å². The summed E-state index contributed by atoms with van der Waals surface area (Å²) in [4.78, 5) is 0. The average Bonchev–Trinajstić information content (AvgIpc) is 2.55. The van der Waals surface area contributed by atoms with E-state index in [1.807, 2.05) is 0 Å². The predicted octanol–water partition coefficient (Wildman–Crippen LogP) is 3.83. The van der Waals surface area contributed by atoms with Gasteiger partial charge < -0.3 is 0 Å². The quantitative estimate of drug-likeness (QED) is 0.638. The molecule has 0 atom stereocenters. The summed E-state index contributed by atoms with van der Waals surface area (Å²) in [5, 5.41) is -2.29. The summed E-state index contributed by atoms with van der Waals surface area (Å²) in [6.07, 6.45) is 0. The number of fused-ring (bicyclic) bond motifs is 1. The molecule has 1 aromatic carbocycles. The third kappa shape index (κ3) is 2.25. The van der Waals surface area contributed by atoms with Crippen molar-refractivity contribution in [2.75, 3.05) is 0 Å². The van der Waals surface area contributed by atoms with Gasteiger partial charge >= 0.3 is 0 Å². The standard InChI is InChI=1S/C16H28Si2/c1-16(2,3)13-9-8-10-14-15(13)18(6,7)12-11-17(14,4)5/h8-10H,11-12H2,1-7H3/i4D3,5D3,6D3,7D3,8D,9D,10D,11D2,12D2. The molecule has 2 rings (SSSR count). The van der Waals surface area contributed by atoms with Crippen LogP contribution in [0.4, 0.5) is 0 Å². The maximum atomic E-state index is 8.89. The van der Waals surface area contributed by atoms with Crippen LogP contribution in [0, 0.1) is 0 Å². The van der Waals surface area contributed by atoms with E-state index in [-0.39, 0.29) is 0 Å². The molecule has 1 aliphatic rings. The Labute approximate surface area is 142 Å². The lowest BCUT2D eigenvalue weighted by Gasteiger charge is -2.43. The van der Waals surface area contributed by atoms with Crippen molar-refractivity contribution in [3.8, 4) is 0 Å². The lowest BCUT2D eigenvalue weighted by molar-refractivity contribution is 0.594. The molecule has 18 heavy (non-hydrogen) atoms. The minimum atomic E-state index is -6.22. The zero-order valence-electron chi connectivity index (χ0n) is 29.5. The summed E-state index contributed by atoms with van der Waals surface area (Å²) in [6, 6.07) is -3.15. The molecule has 0 saturated carbocycles. The van der Waals surface area contributed by atoms with E-state index in [0.29, 0.717) is 0 Å². The summed E-state index contributed by atoms with van der Waals surface area (Å²) < 4.78 is 160. The third-order valence-electron chi connectivity index (χ3n) is 2.81. The number of hydrogen-bond donors (Lipinski definition) is 0. The first-order valence-electron chi connectivity index (χ1n) is 15.0. The minimum absolute atomic E-state index is 0.563. The molecule has 0 fully saturated rings. The highest BCUT2D eigenvalue weighted by Gasteiger charge is 2.41. The Hall–Kier alpha value is -0.346. The third-order valence-corrected chi connectivity index (χ3v) is 6.69. The first kappa shape index (κ1) is 3.45. The topological polar surface area (TPSA) is 0 Å². The minimum Gasteiger partial charge on any atom is -0.0654 e. The molecule has 0 saturated heterocycles. The molecule has 0 radical (unpaired) electrons. The summed E-state index contributed by atoms with van der Waals surface area (Å²) in [5.41, 5.74) is -2.02. The van der Waals surface area contributed by atoms with E-state index in [0.717, 1.165) is 0 Å². The Bertz CT molecular complexity index is 1070. The Morgan fingerprint density at radius 1 is 1.11 bits per heavy atom. The zero-order valence-corrected chi connectivity index (χ0v) is 12.5. The van der Waals surface area contributed by atoms with Gasteiger partial charge in [-0.1, -0.05) is 87.2 Å². The van der Waals surface area contributed by atoms with Gasteiger partial charge in [0.1, 0.15) is 0 Å². The molecule has 1 aliphatic heterocycles. The van der Waals surface area contributed by atoms with Crippen molar-refractivity contribution in [2.24, 2.45) is 0 Å². The molecule has 1 aromatic rings. The van der Waals surface area contributed by atoms with Crippen LogP contribution in [0.15, 0.2) is 18.1 Å². The van der Waals surface area contributed by atoms with Gasteiger partial charge in [0.25, 0.3) is 0 Å². The number of hydrogen-bond acceptors (Lipinski definition) is 0. The second-order valence-corrected chi connectivity index (χ2v) is 10.0. The maximum absolute atomic E-state index is 8.89. The Morgan fingerprint density at radius 3 is 2.28 bits per heavy atom. The van der Waals surface area contributed by atoms with Crippen LogP contribution in [0.25, 0.3) is 0 Å². The van der Waals surface area contributed by atoms with Crippen molar-refractivity contribution in [1.29, 1.82) is 0 Å². The van der Waals surface area contributed by atoms with E-state index in [2.05, 4.69) is 0 Å². The molecule has 2 heteroatoms. The summed E-state index contributed by atoms with van der Waals surface area (Å²) in [6.45, 7) is -11.2. The summed E-state index contributed by atoms with van der Waals surface area (Å²) in [5.74, 6) is -8.14. The molecule has 0 spiro atoms. The molecule has 0 unspecified atom stereocenters. The number of benzene rings is 1. The lowest BCUT2D eigenvalue weighted by Crippen LogP contribution is -2.65. The monoisotopic (exact) mass is 295 g/mol. The van der Waals surface area contributed by atoms with Gasteiger partial charge in [-0.15, -0.1) is 0 Å². The Kier molecular flexibility index (Phi) is 0.781. The Balaban J connectivity index is 3.81. The smallest absolute Gasteiger partial charge is 0.0654 e.